The zero-order valence-electron chi connectivity index (χ0n) is 15.9. The van der Waals surface area contributed by atoms with Crippen LogP contribution in [0.5, 0.6) is 0 Å². The molecule has 26 heavy (non-hydrogen) atoms. The smallest absolute Gasteiger partial charge is 0.330 e. The Bertz CT molecular complexity index is 810. The molecule has 1 aromatic rings. The molecule has 4 nitrogen and oxygen atoms in total. The Morgan fingerprint density at radius 3 is 2.50 bits per heavy atom. The van der Waals surface area contributed by atoms with E-state index in [1.165, 1.54) is 6.08 Å². The molecule has 0 amide bonds. The predicted octanol–water partition coefficient (Wildman–Crippen LogP) is 4.02. The molecule has 0 saturated heterocycles. The molecule has 2 saturated carbocycles. The second-order valence-electron chi connectivity index (χ2n) is 8.40. The Morgan fingerprint density at radius 2 is 1.88 bits per heavy atom. The van der Waals surface area contributed by atoms with Gasteiger partial charge in [-0.15, -0.1) is 0 Å². The molecule has 2 aliphatic rings. The van der Waals surface area contributed by atoms with E-state index >= 15 is 0 Å². The highest BCUT2D eigenvalue weighted by Crippen LogP contribution is 2.68. The lowest BCUT2D eigenvalue weighted by Gasteiger charge is -2.39. The number of fused-ring (bicyclic) bond motifs is 2. The maximum atomic E-state index is 13.0. The number of carbonyl (C=O) groups is 1. The van der Waals surface area contributed by atoms with Gasteiger partial charge in [-0.05, 0) is 43.2 Å². The van der Waals surface area contributed by atoms with Crippen LogP contribution in [0, 0.1) is 22.7 Å². The molecule has 0 aliphatic heterocycles. The summed E-state index contributed by atoms with van der Waals surface area (Å²) in [5, 5.41) is 0. The summed E-state index contributed by atoms with van der Waals surface area (Å²) in [7, 11) is -3.43. The maximum absolute atomic E-state index is 13.0. The van der Waals surface area contributed by atoms with Crippen LogP contribution in [-0.4, -0.2) is 26.2 Å². The first-order valence-corrected chi connectivity index (χ1v) is 10.9. The fourth-order valence-corrected chi connectivity index (χ4v) is 6.88. The van der Waals surface area contributed by atoms with Gasteiger partial charge in [0.2, 0.25) is 0 Å². The number of ether oxygens (including phenoxy) is 1. The minimum atomic E-state index is -3.43. The Labute approximate surface area is 156 Å². The highest BCUT2D eigenvalue weighted by molar-refractivity contribution is 7.91. The molecule has 1 aromatic carbocycles. The van der Waals surface area contributed by atoms with Crippen molar-refractivity contribution >= 4 is 15.8 Å². The molecule has 2 aliphatic carbocycles. The fraction of sp³-hybridized carbons (Fsp3) is 0.571. The monoisotopic (exact) mass is 376 g/mol. The van der Waals surface area contributed by atoms with Gasteiger partial charge in [0.15, 0.2) is 9.84 Å². The molecule has 0 unspecified atom stereocenters. The van der Waals surface area contributed by atoms with Crippen molar-refractivity contribution in [1.29, 1.82) is 0 Å². The Balaban J connectivity index is 1.95. The Kier molecular flexibility index (Phi) is 4.80. The van der Waals surface area contributed by atoms with Crippen molar-refractivity contribution in [3.63, 3.8) is 0 Å². The second-order valence-corrected chi connectivity index (χ2v) is 10.4. The average Bonchev–Trinajstić information content (AvgIpc) is 2.89. The van der Waals surface area contributed by atoms with Gasteiger partial charge in [0.25, 0.3) is 0 Å². The van der Waals surface area contributed by atoms with Crippen molar-refractivity contribution in [3.8, 4) is 0 Å². The zero-order valence-corrected chi connectivity index (χ0v) is 16.8. The summed E-state index contributed by atoms with van der Waals surface area (Å²) < 4.78 is 31.8. The van der Waals surface area contributed by atoms with Crippen molar-refractivity contribution < 1.29 is 17.9 Å². The minimum absolute atomic E-state index is 0.0223. The van der Waals surface area contributed by atoms with Gasteiger partial charge in [-0.1, -0.05) is 45.0 Å². The summed E-state index contributed by atoms with van der Waals surface area (Å²) >= 11 is 0. The van der Waals surface area contributed by atoms with Gasteiger partial charge < -0.3 is 4.74 Å². The summed E-state index contributed by atoms with van der Waals surface area (Å²) in [5.74, 6) is -0.309. The molecule has 0 spiro atoms. The summed E-state index contributed by atoms with van der Waals surface area (Å²) in [6.07, 6.45) is 4.62. The number of benzene rings is 1. The second kappa shape index (κ2) is 6.52. The van der Waals surface area contributed by atoms with E-state index < -0.39 is 9.84 Å². The van der Waals surface area contributed by atoms with Gasteiger partial charge in [0, 0.05) is 17.4 Å². The van der Waals surface area contributed by atoms with E-state index in [1.54, 1.807) is 37.3 Å². The Morgan fingerprint density at radius 1 is 1.23 bits per heavy atom. The highest BCUT2D eigenvalue weighted by atomic mass is 32.2. The zero-order chi connectivity index (χ0) is 19.2. The van der Waals surface area contributed by atoms with E-state index in [1.807, 2.05) is 6.07 Å². The van der Waals surface area contributed by atoms with Gasteiger partial charge >= 0.3 is 5.97 Å². The van der Waals surface area contributed by atoms with E-state index in [0.29, 0.717) is 4.90 Å². The lowest BCUT2D eigenvalue weighted by atomic mass is 9.70. The molecule has 0 heterocycles. The van der Waals surface area contributed by atoms with E-state index in [-0.39, 0.29) is 40.5 Å². The Hall–Kier alpha value is -1.62. The van der Waals surface area contributed by atoms with Crippen LogP contribution in [0.25, 0.3) is 0 Å². The van der Waals surface area contributed by atoms with Gasteiger partial charge in [-0.2, -0.15) is 0 Å². The third-order valence-corrected chi connectivity index (χ3v) is 8.78. The van der Waals surface area contributed by atoms with Crippen LogP contribution in [0.2, 0.25) is 0 Å². The summed E-state index contributed by atoms with van der Waals surface area (Å²) in [4.78, 5) is 12.5. The van der Waals surface area contributed by atoms with Crippen molar-refractivity contribution in [2.75, 3.05) is 5.75 Å². The number of esters is 1. The number of allylic oxidation sites excluding steroid dienone is 1. The van der Waals surface area contributed by atoms with Crippen molar-refractivity contribution in [2.45, 2.75) is 51.5 Å². The van der Waals surface area contributed by atoms with Gasteiger partial charge in [-0.25, -0.2) is 13.2 Å². The van der Waals surface area contributed by atoms with Crippen LogP contribution < -0.4 is 0 Å². The van der Waals surface area contributed by atoms with Gasteiger partial charge in [0.05, 0.1) is 10.6 Å². The van der Waals surface area contributed by atoms with E-state index in [4.69, 9.17) is 4.74 Å². The molecular formula is C21H28O4S. The molecule has 4 atom stereocenters. The van der Waals surface area contributed by atoms with E-state index in [2.05, 4.69) is 20.8 Å². The number of hydrogen-bond acceptors (Lipinski definition) is 4. The molecule has 142 valence electrons. The molecule has 2 bridgehead atoms. The molecule has 0 radical (unpaired) electrons. The SMILES string of the molecule is C/C=C/C(=O)O[C@@H]1[C@H](CS(=O)(=O)c2ccccc2)[C@H]2CC[C@]1(C)C2(C)C. The quantitative estimate of drug-likeness (QED) is 0.575. The van der Waals surface area contributed by atoms with Crippen LogP contribution >= 0.6 is 0 Å². The van der Waals surface area contributed by atoms with Crippen LogP contribution in [0.1, 0.15) is 40.5 Å². The summed E-state index contributed by atoms with van der Waals surface area (Å²) in [6.45, 7) is 8.30. The van der Waals surface area contributed by atoms with Crippen LogP contribution in [0.15, 0.2) is 47.4 Å². The molecule has 3 rings (SSSR count). The first kappa shape index (κ1) is 19.2. The highest BCUT2D eigenvalue weighted by Gasteiger charge is 2.68. The predicted molar refractivity (Wildman–Crippen MR) is 101 cm³/mol. The van der Waals surface area contributed by atoms with Crippen LogP contribution in [-0.2, 0) is 19.4 Å². The number of hydrogen-bond donors (Lipinski definition) is 0. The molecule has 0 N–H and O–H groups in total. The average molecular weight is 377 g/mol. The van der Waals surface area contributed by atoms with Crippen LogP contribution in [0.3, 0.4) is 0 Å². The molecule has 0 aromatic heterocycles. The van der Waals surface area contributed by atoms with Crippen molar-refractivity contribution in [2.24, 2.45) is 22.7 Å². The van der Waals surface area contributed by atoms with E-state index in [9.17, 15) is 13.2 Å². The first-order valence-electron chi connectivity index (χ1n) is 9.24. The third-order valence-electron chi connectivity index (χ3n) is 6.97. The largest absolute Gasteiger partial charge is 0.458 e. The topological polar surface area (TPSA) is 60.4 Å². The lowest BCUT2D eigenvalue weighted by molar-refractivity contribution is -0.153. The van der Waals surface area contributed by atoms with Crippen molar-refractivity contribution in [3.05, 3.63) is 42.5 Å². The molecule has 2 fully saturated rings. The summed E-state index contributed by atoms with van der Waals surface area (Å²) in [5.41, 5.74) is -0.267. The maximum Gasteiger partial charge on any atom is 0.330 e. The van der Waals surface area contributed by atoms with Crippen molar-refractivity contribution in [1.82, 2.24) is 0 Å². The normalized spacial score (nSPS) is 32.8. The van der Waals surface area contributed by atoms with E-state index in [0.717, 1.165) is 12.8 Å². The first-order chi connectivity index (χ1) is 12.1. The van der Waals surface area contributed by atoms with Gasteiger partial charge in [-0.3, -0.25) is 0 Å². The summed E-state index contributed by atoms with van der Waals surface area (Å²) in [6, 6.07) is 8.56. The van der Waals surface area contributed by atoms with Gasteiger partial charge in [0.1, 0.15) is 6.10 Å². The van der Waals surface area contributed by atoms with Crippen LogP contribution in [0.4, 0.5) is 0 Å². The minimum Gasteiger partial charge on any atom is -0.458 e. The molecular weight excluding hydrogens is 348 g/mol. The number of sulfone groups is 1. The third kappa shape index (κ3) is 2.90. The fourth-order valence-electron chi connectivity index (χ4n) is 5.20. The standard InChI is InChI=1S/C21H28O4S/c1-5-9-18(22)25-19-16(17-12-13-21(19,4)20(17,2)3)14-26(23,24)15-10-7-6-8-11-15/h5-11,16-17,19H,12-14H2,1-4H3/b9-5+/t16-,17-,19-,21+/m1/s1. The number of rotatable bonds is 5. The molecule has 5 heteroatoms. The lowest BCUT2D eigenvalue weighted by Crippen LogP contribution is -2.42. The number of carbonyl (C=O) groups excluding carboxylic acids is 1.